The minimum atomic E-state index is -1.11. The van der Waals surface area contributed by atoms with Gasteiger partial charge in [0.2, 0.25) is 0 Å². The van der Waals surface area contributed by atoms with Crippen LogP contribution in [0.2, 0.25) is 4.97 Å². The SMILES string of the molecule is C[Te](I)(I)I. The topological polar surface area (TPSA) is 0 Å². The number of hydrogen-bond acceptors (Lipinski definition) is 0. The number of rotatable bonds is 0. The van der Waals surface area contributed by atoms with Crippen molar-refractivity contribution < 1.29 is 0 Å². The molecular formula is CH3I3Te. The van der Waals surface area contributed by atoms with E-state index in [0.29, 0.717) is 0 Å². The molecule has 0 spiro atoms. The molecule has 0 aliphatic rings. The summed E-state index contributed by atoms with van der Waals surface area (Å²) < 4.78 is 0. The van der Waals surface area contributed by atoms with Gasteiger partial charge in [-0.25, -0.2) is 0 Å². The average molecular weight is 523 g/mol. The third-order valence-corrected chi connectivity index (χ3v) is 0. The molecule has 4 heteroatoms. The fourth-order valence-corrected chi connectivity index (χ4v) is 0. The Bertz CT molecular complexity index is 22.4. The Hall–Kier alpha value is 2.98. The van der Waals surface area contributed by atoms with Gasteiger partial charge in [-0.3, -0.25) is 0 Å². The maximum atomic E-state index is 2.54. The van der Waals surface area contributed by atoms with Crippen LogP contribution in [0.1, 0.15) is 0 Å². The fourth-order valence-electron chi connectivity index (χ4n) is 0. The van der Waals surface area contributed by atoms with Gasteiger partial charge in [-0.05, 0) is 0 Å². The zero-order valence-corrected chi connectivity index (χ0v) is 11.3. The molecule has 0 unspecified atom stereocenters. The summed E-state index contributed by atoms with van der Waals surface area (Å²) in [5, 5.41) is 0. The van der Waals surface area contributed by atoms with Crippen molar-refractivity contribution in [2.45, 2.75) is 4.97 Å². The summed E-state index contributed by atoms with van der Waals surface area (Å²) in [6.07, 6.45) is -1.11. The van der Waals surface area contributed by atoms with Crippen LogP contribution in [0.5, 0.6) is 0 Å². The molecule has 5 heavy (non-hydrogen) atoms. The molecule has 0 atom stereocenters. The first kappa shape index (κ1) is 7.98. The van der Waals surface area contributed by atoms with Gasteiger partial charge in [-0.1, -0.05) is 0 Å². The van der Waals surface area contributed by atoms with E-state index in [-0.39, 0.29) is 0 Å². The number of halogens is 3. The third kappa shape index (κ3) is 19.5. The molecule has 0 heterocycles. The van der Waals surface area contributed by atoms with E-state index in [0.717, 1.165) is 0 Å². The molecular weight excluding hydrogens is 520 g/mol. The van der Waals surface area contributed by atoms with Crippen molar-refractivity contribution in [2.24, 2.45) is 0 Å². The average Bonchev–Trinajstić information content (AvgIpc) is 0.722. The quantitative estimate of drug-likeness (QED) is 0.339. The molecule has 0 amide bonds. The summed E-state index contributed by atoms with van der Waals surface area (Å²) >= 11 is 7.62. The minimum absolute atomic E-state index is 1.11. The second-order valence-corrected chi connectivity index (χ2v) is 73.6. The molecule has 0 bridgehead atoms. The molecule has 0 aliphatic heterocycles. The van der Waals surface area contributed by atoms with Gasteiger partial charge in [-0.15, -0.1) is 0 Å². The number of hydrogen-bond donors (Lipinski definition) is 0. The first-order chi connectivity index (χ1) is 2.00. The molecule has 0 aromatic rings. The first-order valence-corrected chi connectivity index (χ1v) is 23.6. The Kier molecular flexibility index (Phi) is 4.94. The summed E-state index contributed by atoms with van der Waals surface area (Å²) in [6, 6.07) is 0. The van der Waals surface area contributed by atoms with E-state index in [4.69, 9.17) is 0 Å². The Morgan fingerprint density at radius 1 is 1.20 bits per heavy atom. The summed E-state index contributed by atoms with van der Waals surface area (Å²) in [7, 11) is 0. The molecule has 0 aliphatic carbocycles. The van der Waals surface area contributed by atoms with E-state index >= 15 is 0 Å². The van der Waals surface area contributed by atoms with Crippen LogP contribution in [-0.4, -0.2) is 6.35 Å². The van der Waals surface area contributed by atoms with Gasteiger partial charge in [0.1, 0.15) is 0 Å². The van der Waals surface area contributed by atoms with Gasteiger partial charge in [0.05, 0.1) is 0 Å². The van der Waals surface area contributed by atoms with Gasteiger partial charge in [-0.2, -0.15) is 0 Å². The van der Waals surface area contributed by atoms with Crippen LogP contribution in [-0.2, 0) is 0 Å². The van der Waals surface area contributed by atoms with Crippen molar-refractivity contribution in [3.8, 4) is 0 Å². The van der Waals surface area contributed by atoms with E-state index in [2.05, 4.69) is 61.1 Å². The molecule has 0 radical (unpaired) electrons. The van der Waals surface area contributed by atoms with Crippen LogP contribution < -0.4 is 0 Å². The Morgan fingerprint density at radius 3 is 1.20 bits per heavy atom. The van der Waals surface area contributed by atoms with Gasteiger partial charge in [0.25, 0.3) is 0 Å². The van der Waals surface area contributed by atoms with Crippen LogP contribution in [0.15, 0.2) is 0 Å². The van der Waals surface area contributed by atoms with Gasteiger partial charge < -0.3 is 0 Å². The zero-order chi connectivity index (χ0) is 4.50. The summed E-state index contributed by atoms with van der Waals surface area (Å²) in [5.74, 6) is 0. The van der Waals surface area contributed by atoms with E-state index < -0.39 is 6.35 Å². The van der Waals surface area contributed by atoms with Gasteiger partial charge in [0, 0.05) is 0 Å². The van der Waals surface area contributed by atoms with Crippen LogP contribution in [0.4, 0.5) is 0 Å². The summed E-state index contributed by atoms with van der Waals surface area (Å²) in [6.45, 7) is 0. The molecule has 0 rings (SSSR count). The third-order valence-electron chi connectivity index (χ3n) is 0. The van der Waals surface area contributed by atoms with Crippen molar-refractivity contribution in [3.05, 3.63) is 0 Å². The summed E-state index contributed by atoms with van der Waals surface area (Å²) in [4.78, 5) is 2.34. The molecule has 34 valence electrons. The molecule has 0 aromatic carbocycles. The maximum absolute atomic E-state index is 2.54. The Labute approximate surface area is 65.4 Å². The second kappa shape index (κ2) is 3.10. The molecule has 0 saturated heterocycles. The Balaban J connectivity index is 3.02. The van der Waals surface area contributed by atoms with Crippen molar-refractivity contribution >= 4 is 62.4 Å². The Morgan fingerprint density at radius 2 is 1.20 bits per heavy atom. The molecule has 0 aromatic heterocycles. The van der Waals surface area contributed by atoms with Gasteiger partial charge in [0.15, 0.2) is 0 Å². The van der Waals surface area contributed by atoms with E-state index in [1.54, 1.807) is 0 Å². The monoisotopic (exact) mass is 526 g/mol. The van der Waals surface area contributed by atoms with E-state index in [1.807, 2.05) is 0 Å². The zero-order valence-electron chi connectivity index (χ0n) is 2.54. The fraction of sp³-hybridized carbons (Fsp3) is 1.00. The van der Waals surface area contributed by atoms with Crippen LogP contribution in [0, 0.1) is 0 Å². The predicted octanol–water partition coefficient (Wildman–Crippen LogP) is 2.86. The van der Waals surface area contributed by atoms with Crippen LogP contribution in [0.25, 0.3) is 0 Å². The van der Waals surface area contributed by atoms with Gasteiger partial charge >= 0.3 is 67.4 Å². The molecule has 0 nitrogen and oxygen atoms in total. The first-order valence-electron chi connectivity index (χ1n) is 0.871. The predicted molar refractivity (Wildman–Crippen MR) is 53.7 cm³/mol. The molecule has 0 fully saturated rings. The molecule has 0 saturated carbocycles. The normalized spacial score (nSPS) is 15.2. The standard InChI is InChI=1S/CH3I3Te/c1-5(2,3)4/h1H3. The van der Waals surface area contributed by atoms with Crippen molar-refractivity contribution in [1.29, 1.82) is 0 Å². The summed E-state index contributed by atoms with van der Waals surface area (Å²) in [5.41, 5.74) is 0. The molecule has 0 N–H and O–H groups in total. The second-order valence-electron chi connectivity index (χ2n) is 0.638. The van der Waals surface area contributed by atoms with Crippen molar-refractivity contribution in [1.82, 2.24) is 0 Å². The van der Waals surface area contributed by atoms with E-state index in [9.17, 15) is 0 Å². The van der Waals surface area contributed by atoms with Crippen molar-refractivity contribution in [2.75, 3.05) is 0 Å². The van der Waals surface area contributed by atoms with E-state index in [1.165, 1.54) is 0 Å². The van der Waals surface area contributed by atoms with Crippen LogP contribution in [0.3, 0.4) is 0 Å². The van der Waals surface area contributed by atoms with Crippen molar-refractivity contribution in [3.63, 3.8) is 0 Å². The van der Waals surface area contributed by atoms with Crippen LogP contribution >= 0.6 is 56.1 Å².